The molecule has 0 aliphatic heterocycles. The highest BCUT2D eigenvalue weighted by Gasteiger charge is 2.32. The van der Waals surface area contributed by atoms with Gasteiger partial charge in [0.25, 0.3) is 0 Å². The first kappa shape index (κ1) is 25.7. The monoisotopic (exact) mass is 504 g/mol. The summed E-state index contributed by atoms with van der Waals surface area (Å²) in [5.41, 5.74) is 6.17. The summed E-state index contributed by atoms with van der Waals surface area (Å²) < 4.78 is 2.22. The third-order valence-corrected chi connectivity index (χ3v) is 7.89. The first-order chi connectivity index (χ1) is 18.6. The fourth-order valence-corrected chi connectivity index (χ4v) is 5.77. The Morgan fingerprint density at radius 3 is 2.00 bits per heavy atom. The van der Waals surface area contributed by atoms with Gasteiger partial charge in [0.15, 0.2) is 0 Å². The third-order valence-electron chi connectivity index (χ3n) is 7.89. The molecule has 1 aromatic heterocycles. The van der Waals surface area contributed by atoms with E-state index in [1.807, 2.05) is 37.4 Å². The van der Waals surface area contributed by atoms with Crippen LogP contribution in [-0.2, 0) is 6.54 Å². The molecule has 0 amide bonds. The van der Waals surface area contributed by atoms with Crippen molar-refractivity contribution in [2.75, 3.05) is 13.7 Å². The van der Waals surface area contributed by atoms with Gasteiger partial charge < -0.3 is 14.6 Å². The first-order valence-electron chi connectivity index (χ1n) is 13.4. The van der Waals surface area contributed by atoms with Crippen LogP contribution in [0.5, 0.6) is 0 Å². The molecule has 4 aromatic rings. The Bertz CT molecular complexity index is 1370. The molecule has 0 atom stereocenters. The molecule has 5 nitrogen and oxygen atoms in total. The standard InChI is InChI=1S/C33H36N4O/c1-35-33-30(32(34)36(2)28-20-18-25(23-38)19-21-28)29(26-14-8-4-9-15-26)31(27-16-10-5-11-17-27)37(33)22-24-12-6-3-7-13-24/h3-17,25,28,34,38H,1,18-23H2,2H3/t25-,28-. The number of nitrogens with zero attached hydrogens (tertiary/aromatic N) is 3. The second-order valence-corrected chi connectivity index (χ2v) is 10.2. The normalized spacial score (nSPS) is 17.2. The van der Waals surface area contributed by atoms with E-state index in [9.17, 15) is 10.5 Å². The van der Waals surface area contributed by atoms with E-state index in [0.29, 0.717) is 24.1 Å². The van der Waals surface area contributed by atoms with Gasteiger partial charge in [0.05, 0.1) is 11.3 Å². The van der Waals surface area contributed by atoms with Crippen molar-refractivity contribution in [1.29, 1.82) is 5.41 Å². The van der Waals surface area contributed by atoms with E-state index in [0.717, 1.165) is 59.2 Å². The average molecular weight is 505 g/mol. The maximum absolute atomic E-state index is 9.62. The van der Waals surface area contributed by atoms with Crippen LogP contribution in [0.3, 0.4) is 0 Å². The highest BCUT2D eigenvalue weighted by Crippen LogP contribution is 2.44. The number of aliphatic imine (C=N–C) groups is 1. The number of hydrogen-bond donors (Lipinski definition) is 2. The number of aliphatic hydroxyl groups excluding tert-OH is 1. The number of aromatic nitrogens is 1. The Balaban J connectivity index is 1.71. The van der Waals surface area contributed by atoms with Gasteiger partial charge in [-0.2, -0.15) is 0 Å². The summed E-state index contributed by atoms with van der Waals surface area (Å²) in [6.45, 7) is 4.87. The molecule has 3 aromatic carbocycles. The van der Waals surface area contributed by atoms with Crippen LogP contribution in [0.4, 0.5) is 5.82 Å². The van der Waals surface area contributed by atoms with Gasteiger partial charge in [0.1, 0.15) is 11.7 Å². The maximum atomic E-state index is 9.62. The van der Waals surface area contributed by atoms with Gasteiger partial charge in [-0.25, -0.2) is 4.99 Å². The first-order valence-corrected chi connectivity index (χ1v) is 13.4. The van der Waals surface area contributed by atoms with Crippen molar-refractivity contribution >= 4 is 18.4 Å². The second kappa shape index (κ2) is 11.6. The maximum Gasteiger partial charge on any atom is 0.144 e. The number of benzene rings is 3. The lowest BCUT2D eigenvalue weighted by Crippen LogP contribution is -2.40. The van der Waals surface area contributed by atoms with Gasteiger partial charge >= 0.3 is 0 Å². The van der Waals surface area contributed by atoms with Crippen LogP contribution in [0.25, 0.3) is 22.4 Å². The number of nitrogens with one attached hydrogen (secondary N) is 1. The van der Waals surface area contributed by atoms with Crippen LogP contribution in [0.15, 0.2) is 96.0 Å². The topological polar surface area (TPSA) is 64.6 Å². The molecule has 0 bridgehead atoms. The second-order valence-electron chi connectivity index (χ2n) is 10.2. The fourth-order valence-electron chi connectivity index (χ4n) is 5.77. The lowest BCUT2D eigenvalue weighted by molar-refractivity contribution is 0.156. The van der Waals surface area contributed by atoms with Crippen molar-refractivity contribution in [3.8, 4) is 22.4 Å². The summed E-state index contributed by atoms with van der Waals surface area (Å²) in [6, 6.07) is 31.4. The van der Waals surface area contributed by atoms with E-state index in [4.69, 9.17) is 0 Å². The van der Waals surface area contributed by atoms with Crippen molar-refractivity contribution in [3.63, 3.8) is 0 Å². The predicted octanol–water partition coefficient (Wildman–Crippen LogP) is 7.01. The Labute approximate surface area is 225 Å². The largest absolute Gasteiger partial charge is 0.396 e. The summed E-state index contributed by atoms with van der Waals surface area (Å²) in [7, 11) is 2.03. The molecule has 1 heterocycles. The number of hydrogen-bond acceptors (Lipinski definition) is 3. The molecule has 1 aliphatic rings. The lowest BCUT2D eigenvalue weighted by atomic mass is 9.85. The minimum Gasteiger partial charge on any atom is -0.396 e. The van der Waals surface area contributed by atoms with E-state index in [1.54, 1.807) is 0 Å². The molecule has 0 unspecified atom stereocenters. The van der Waals surface area contributed by atoms with Crippen molar-refractivity contribution in [1.82, 2.24) is 9.47 Å². The van der Waals surface area contributed by atoms with E-state index in [-0.39, 0.29) is 12.6 Å². The fraction of sp³-hybridized carbons (Fsp3) is 0.273. The highest BCUT2D eigenvalue weighted by atomic mass is 16.3. The summed E-state index contributed by atoms with van der Waals surface area (Å²) in [6.07, 6.45) is 3.91. The zero-order valence-electron chi connectivity index (χ0n) is 22.1. The number of aliphatic hydroxyl groups is 1. The predicted molar refractivity (Wildman–Crippen MR) is 157 cm³/mol. The van der Waals surface area contributed by atoms with Gasteiger partial charge in [-0.05, 0) is 55.0 Å². The average Bonchev–Trinajstić information content (AvgIpc) is 3.31. The van der Waals surface area contributed by atoms with Crippen LogP contribution in [0.1, 0.15) is 36.8 Å². The quantitative estimate of drug-likeness (QED) is 0.200. The molecule has 5 rings (SSSR count). The molecule has 0 spiro atoms. The van der Waals surface area contributed by atoms with E-state index in [1.165, 1.54) is 0 Å². The van der Waals surface area contributed by atoms with Crippen molar-refractivity contribution in [2.24, 2.45) is 10.9 Å². The van der Waals surface area contributed by atoms with Gasteiger partial charge in [0, 0.05) is 31.8 Å². The molecular weight excluding hydrogens is 468 g/mol. The molecule has 5 heteroatoms. The Morgan fingerprint density at radius 1 is 0.895 bits per heavy atom. The Hall–Kier alpha value is -3.96. The molecule has 2 N–H and O–H groups in total. The van der Waals surface area contributed by atoms with E-state index < -0.39 is 0 Å². The van der Waals surface area contributed by atoms with Crippen LogP contribution >= 0.6 is 0 Å². The number of amidine groups is 1. The zero-order valence-corrected chi connectivity index (χ0v) is 22.1. The smallest absolute Gasteiger partial charge is 0.144 e. The third kappa shape index (κ3) is 5.07. The minimum absolute atomic E-state index is 0.249. The summed E-state index contributed by atoms with van der Waals surface area (Å²) in [4.78, 5) is 6.70. The molecular formula is C33H36N4O. The molecule has 38 heavy (non-hydrogen) atoms. The number of rotatable bonds is 8. The van der Waals surface area contributed by atoms with Gasteiger partial charge in [-0.1, -0.05) is 91.0 Å². The molecule has 194 valence electrons. The van der Waals surface area contributed by atoms with E-state index in [2.05, 4.69) is 81.8 Å². The zero-order chi connectivity index (χ0) is 26.5. The highest BCUT2D eigenvalue weighted by molar-refractivity contribution is 6.10. The van der Waals surface area contributed by atoms with Crippen molar-refractivity contribution in [2.45, 2.75) is 38.3 Å². The Kier molecular flexibility index (Phi) is 7.85. The van der Waals surface area contributed by atoms with Gasteiger partial charge in [-0.3, -0.25) is 5.41 Å². The van der Waals surface area contributed by atoms with Crippen LogP contribution in [0, 0.1) is 11.3 Å². The molecule has 0 saturated heterocycles. The van der Waals surface area contributed by atoms with Gasteiger partial charge in [0.2, 0.25) is 0 Å². The van der Waals surface area contributed by atoms with Crippen LogP contribution in [-0.4, -0.2) is 46.8 Å². The van der Waals surface area contributed by atoms with Crippen LogP contribution < -0.4 is 0 Å². The van der Waals surface area contributed by atoms with Crippen molar-refractivity contribution in [3.05, 3.63) is 102 Å². The summed E-state index contributed by atoms with van der Waals surface area (Å²) >= 11 is 0. The van der Waals surface area contributed by atoms with E-state index >= 15 is 0 Å². The molecule has 0 radical (unpaired) electrons. The van der Waals surface area contributed by atoms with Gasteiger partial charge in [-0.15, -0.1) is 0 Å². The van der Waals surface area contributed by atoms with Crippen molar-refractivity contribution < 1.29 is 5.11 Å². The Morgan fingerprint density at radius 2 is 1.45 bits per heavy atom. The molecule has 1 saturated carbocycles. The molecule has 1 fully saturated rings. The minimum atomic E-state index is 0.249. The summed E-state index contributed by atoms with van der Waals surface area (Å²) in [5, 5.41) is 19.1. The lowest BCUT2D eigenvalue weighted by Gasteiger charge is -2.35. The van der Waals surface area contributed by atoms with Crippen LogP contribution in [0.2, 0.25) is 0 Å². The SMILES string of the molecule is C=Nc1c(C(=N)N(C)[C@H]2CC[C@H](CO)CC2)c(-c2ccccc2)c(-c2ccccc2)n1Cc1ccccc1. The molecule has 1 aliphatic carbocycles. The summed E-state index contributed by atoms with van der Waals surface area (Å²) in [5.74, 6) is 1.55.